The number of carbonyl (C=O) groups is 1. The first-order chi connectivity index (χ1) is 14.0. The molecule has 2 atom stereocenters. The number of hydrogen-bond donors (Lipinski definition) is 2. The minimum atomic E-state index is -0.413. The number of rotatable bonds is 5. The maximum atomic E-state index is 13.2. The molecule has 1 aromatic heterocycles. The number of carbonyl (C=O) groups excluding carboxylic acids is 1. The van der Waals surface area contributed by atoms with E-state index in [9.17, 15) is 4.79 Å². The Hall–Kier alpha value is -2.51. The summed E-state index contributed by atoms with van der Waals surface area (Å²) >= 11 is 7.49. The molecule has 0 unspecified atom stereocenters. The van der Waals surface area contributed by atoms with Crippen molar-refractivity contribution in [1.29, 1.82) is 0 Å². The summed E-state index contributed by atoms with van der Waals surface area (Å²) in [6, 6.07) is 15.1. The van der Waals surface area contributed by atoms with Gasteiger partial charge in [-0.2, -0.15) is 0 Å². The zero-order valence-electron chi connectivity index (χ0n) is 16.2. The average Bonchev–Trinajstić information content (AvgIpc) is 3.11. The first-order valence-corrected chi connectivity index (χ1v) is 10.8. The molecule has 4 rings (SSSR count). The molecule has 0 saturated heterocycles. The maximum absolute atomic E-state index is 13.2. The minimum absolute atomic E-state index is 0.0856. The summed E-state index contributed by atoms with van der Waals surface area (Å²) in [5.74, 6) is 0.781. The van der Waals surface area contributed by atoms with Crippen LogP contribution in [0.2, 0.25) is 5.02 Å². The Labute approximate surface area is 179 Å². The second-order valence-corrected chi connectivity index (χ2v) is 8.58. The SMILES string of the molecule is CCCc1nnc2n1N[C@H](c1ccc(Cl)cc1)[C@@H](C(=O)Nc1ccc(C)cc1)S2. The van der Waals surface area contributed by atoms with E-state index in [0.717, 1.165) is 35.5 Å². The molecular formula is C21H22ClN5OS. The Balaban J connectivity index is 1.65. The molecule has 0 aliphatic carbocycles. The predicted molar refractivity (Wildman–Crippen MR) is 117 cm³/mol. The van der Waals surface area contributed by atoms with Gasteiger partial charge in [0.2, 0.25) is 11.1 Å². The second-order valence-electron chi connectivity index (χ2n) is 7.04. The molecule has 3 aromatic rings. The van der Waals surface area contributed by atoms with Gasteiger partial charge in [0.15, 0.2) is 5.82 Å². The molecule has 0 fully saturated rings. The lowest BCUT2D eigenvalue weighted by Crippen LogP contribution is -2.41. The molecule has 0 spiro atoms. The van der Waals surface area contributed by atoms with Gasteiger partial charge in [-0.25, -0.2) is 4.68 Å². The number of aromatic nitrogens is 3. The number of halogens is 1. The van der Waals surface area contributed by atoms with Crippen molar-refractivity contribution >= 4 is 35.0 Å². The van der Waals surface area contributed by atoms with Gasteiger partial charge in [-0.05, 0) is 43.2 Å². The number of fused-ring (bicyclic) bond motifs is 1. The molecule has 150 valence electrons. The number of aryl methyl sites for hydroxylation is 2. The summed E-state index contributed by atoms with van der Waals surface area (Å²) in [6.07, 6.45) is 1.78. The fourth-order valence-corrected chi connectivity index (χ4v) is 4.48. The zero-order chi connectivity index (χ0) is 20.4. The molecule has 1 amide bonds. The number of amides is 1. The van der Waals surface area contributed by atoms with Crippen LogP contribution in [0.25, 0.3) is 0 Å². The average molecular weight is 428 g/mol. The Morgan fingerprint density at radius 3 is 2.59 bits per heavy atom. The van der Waals surface area contributed by atoms with E-state index < -0.39 is 5.25 Å². The summed E-state index contributed by atoms with van der Waals surface area (Å²) in [5.41, 5.74) is 6.36. The van der Waals surface area contributed by atoms with Gasteiger partial charge < -0.3 is 10.7 Å². The number of nitrogens with zero attached hydrogens (tertiary/aromatic N) is 3. The van der Waals surface area contributed by atoms with Gasteiger partial charge in [-0.1, -0.05) is 60.1 Å². The predicted octanol–water partition coefficient (Wildman–Crippen LogP) is 4.59. The molecule has 2 N–H and O–H groups in total. The van der Waals surface area contributed by atoms with Crippen LogP contribution in [0.4, 0.5) is 5.69 Å². The van der Waals surface area contributed by atoms with Crippen LogP contribution in [0.15, 0.2) is 53.7 Å². The van der Waals surface area contributed by atoms with Crippen LogP contribution in [0.5, 0.6) is 0 Å². The monoisotopic (exact) mass is 427 g/mol. The molecule has 2 aromatic carbocycles. The lowest BCUT2D eigenvalue weighted by Gasteiger charge is -2.33. The molecular weight excluding hydrogens is 406 g/mol. The van der Waals surface area contributed by atoms with Crippen molar-refractivity contribution in [3.63, 3.8) is 0 Å². The normalized spacial score (nSPS) is 18.0. The lowest BCUT2D eigenvalue weighted by molar-refractivity contribution is -0.116. The third-order valence-corrected chi connectivity index (χ3v) is 6.25. The van der Waals surface area contributed by atoms with Gasteiger partial charge in [0.25, 0.3) is 0 Å². The Kier molecular flexibility index (Phi) is 5.78. The highest BCUT2D eigenvalue weighted by atomic mass is 35.5. The smallest absolute Gasteiger partial charge is 0.240 e. The number of nitrogens with one attached hydrogen (secondary N) is 2. The first-order valence-electron chi connectivity index (χ1n) is 9.55. The Morgan fingerprint density at radius 2 is 1.90 bits per heavy atom. The van der Waals surface area contributed by atoms with Crippen LogP contribution in [0.3, 0.4) is 0 Å². The molecule has 1 aliphatic heterocycles. The summed E-state index contributed by atoms with van der Waals surface area (Å²) in [6.45, 7) is 4.12. The highest BCUT2D eigenvalue weighted by Crippen LogP contribution is 2.38. The van der Waals surface area contributed by atoms with E-state index in [2.05, 4.69) is 27.9 Å². The van der Waals surface area contributed by atoms with Crippen molar-refractivity contribution in [3.05, 3.63) is 70.5 Å². The Morgan fingerprint density at radius 1 is 1.17 bits per heavy atom. The molecule has 6 nitrogen and oxygen atoms in total. The summed E-state index contributed by atoms with van der Waals surface area (Å²) < 4.78 is 1.91. The first kappa shape index (κ1) is 19.8. The summed E-state index contributed by atoms with van der Waals surface area (Å²) in [7, 11) is 0. The fourth-order valence-electron chi connectivity index (χ4n) is 3.25. The van der Waals surface area contributed by atoms with Crippen molar-refractivity contribution in [2.45, 2.75) is 43.1 Å². The van der Waals surface area contributed by atoms with Crippen molar-refractivity contribution in [2.24, 2.45) is 0 Å². The van der Waals surface area contributed by atoms with Gasteiger partial charge >= 0.3 is 0 Å². The molecule has 29 heavy (non-hydrogen) atoms. The third-order valence-electron chi connectivity index (χ3n) is 4.78. The van der Waals surface area contributed by atoms with Gasteiger partial charge in [-0.3, -0.25) is 4.79 Å². The van der Waals surface area contributed by atoms with Crippen LogP contribution in [-0.4, -0.2) is 26.0 Å². The maximum Gasteiger partial charge on any atom is 0.240 e. The molecule has 8 heteroatoms. The van der Waals surface area contributed by atoms with Gasteiger partial charge in [0.05, 0.1) is 6.04 Å². The van der Waals surface area contributed by atoms with E-state index in [4.69, 9.17) is 11.6 Å². The van der Waals surface area contributed by atoms with Crippen LogP contribution < -0.4 is 10.7 Å². The summed E-state index contributed by atoms with van der Waals surface area (Å²) in [5, 5.41) is 12.5. The van der Waals surface area contributed by atoms with Crippen LogP contribution in [0, 0.1) is 6.92 Å². The van der Waals surface area contributed by atoms with Crippen LogP contribution >= 0.6 is 23.4 Å². The standard InChI is InChI=1S/C21H22ClN5OS/c1-3-4-17-24-25-21-27(17)26-18(14-7-9-15(22)10-8-14)19(29-21)20(28)23-16-11-5-13(2)6-12-16/h5-12,18-19,26H,3-4H2,1-2H3,(H,23,28)/t18-,19+/m1/s1. The molecule has 0 saturated carbocycles. The Bertz CT molecular complexity index is 1000. The third kappa shape index (κ3) is 4.26. The van der Waals surface area contributed by atoms with E-state index in [0.29, 0.717) is 10.2 Å². The second kappa shape index (κ2) is 8.47. The van der Waals surface area contributed by atoms with E-state index >= 15 is 0 Å². The highest BCUT2D eigenvalue weighted by molar-refractivity contribution is 8.00. The van der Waals surface area contributed by atoms with Crippen molar-refractivity contribution in [1.82, 2.24) is 14.9 Å². The lowest BCUT2D eigenvalue weighted by atomic mass is 10.0. The number of benzene rings is 2. The van der Waals surface area contributed by atoms with Crippen LogP contribution in [0.1, 0.15) is 36.3 Å². The molecule has 1 aliphatic rings. The van der Waals surface area contributed by atoms with Crippen molar-refractivity contribution in [3.8, 4) is 0 Å². The summed E-state index contributed by atoms with van der Waals surface area (Å²) in [4.78, 5) is 13.2. The van der Waals surface area contributed by atoms with E-state index in [1.54, 1.807) is 0 Å². The van der Waals surface area contributed by atoms with Crippen molar-refractivity contribution in [2.75, 3.05) is 10.7 Å². The number of anilines is 1. The van der Waals surface area contributed by atoms with Crippen LogP contribution in [-0.2, 0) is 11.2 Å². The minimum Gasteiger partial charge on any atom is -0.325 e. The van der Waals surface area contributed by atoms with E-state index in [1.807, 2.05) is 60.1 Å². The molecule has 0 radical (unpaired) electrons. The largest absolute Gasteiger partial charge is 0.325 e. The number of thioether (sulfide) groups is 1. The van der Waals surface area contributed by atoms with Crippen molar-refractivity contribution < 1.29 is 4.79 Å². The number of hydrogen-bond acceptors (Lipinski definition) is 5. The highest BCUT2D eigenvalue weighted by Gasteiger charge is 2.37. The van der Waals surface area contributed by atoms with Gasteiger partial charge in [0.1, 0.15) is 5.25 Å². The van der Waals surface area contributed by atoms with Gasteiger partial charge in [0, 0.05) is 17.1 Å². The fraction of sp³-hybridized carbons (Fsp3) is 0.286. The van der Waals surface area contributed by atoms with Gasteiger partial charge in [-0.15, -0.1) is 10.2 Å². The molecule has 0 bridgehead atoms. The van der Waals surface area contributed by atoms with E-state index in [1.165, 1.54) is 11.8 Å². The molecule has 2 heterocycles. The zero-order valence-corrected chi connectivity index (χ0v) is 17.8. The topological polar surface area (TPSA) is 71.8 Å². The quantitative estimate of drug-likeness (QED) is 0.623. The van der Waals surface area contributed by atoms with E-state index in [-0.39, 0.29) is 11.9 Å².